The molecule has 4 rings (SSSR count). The maximum atomic E-state index is 13.7. The van der Waals surface area contributed by atoms with Crippen LogP contribution in [0, 0.1) is 11.6 Å². The van der Waals surface area contributed by atoms with Gasteiger partial charge in [0.2, 0.25) is 5.91 Å². The molecule has 0 atom stereocenters. The average Bonchev–Trinajstić information content (AvgIpc) is 3.12. The van der Waals surface area contributed by atoms with E-state index in [0.717, 1.165) is 21.3 Å². The Morgan fingerprint density at radius 2 is 1.96 bits per heavy atom. The molecule has 1 aliphatic rings. The molecular formula is C21H20F2N2O2S. The molecule has 1 amide bonds. The van der Waals surface area contributed by atoms with Crippen LogP contribution in [0.15, 0.2) is 42.5 Å². The lowest BCUT2D eigenvalue weighted by Crippen LogP contribution is -2.41. The third-order valence-electron chi connectivity index (χ3n) is 4.87. The molecular weight excluding hydrogens is 382 g/mol. The lowest BCUT2D eigenvalue weighted by molar-refractivity contribution is -0.132. The number of aromatic nitrogens is 1. The van der Waals surface area contributed by atoms with E-state index in [9.17, 15) is 13.6 Å². The second kappa shape index (κ2) is 8.22. The highest BCUT2D eigenvalue weighted by Crippen LogP contribution is 2.25. The summed E-state index contributed by atoms with van der Waals surface area (Å²) in [4.78, 5) is 18.9. The molecule has 1 aliphatic heterocycles. The quantitative estimate of drug-likeness (QED) is 0.628. The summed E-state index contributed by atoms with van der Waals surface area (Å²) in [7, 11) is 0. The van der Waals surface area contributed by atoms with Crippen molar-refractivity contribution < 1.29 is 18.3 Å². The van der Waals surface area contributed by atoms with Crippen LogP contribution >= 0.6 is 11.3 Å². The van der Waals surface area contributed by atoms with Gasteiger partial charge in [0.05, 0.1) is 15.2 Å². The summed E-state index contributed by atoms with van der Waals surface area (Å²) in [5.41, 5.74) is 0.973. The van der Waals surface area contributed by atoms with Gasteiger partial charge < -0.3 is 9.64 Å². The fraction of sp³-hybridized carbons (Fsp3) is 0.333. The first-order chi connectivity index (χ1) is 13.6. The van der Waals surface area contributed by atoms with Gasteiger partial charge in [-0.2, -0.15) is 0 Å². The zero-order valence-electron chi connectivity index (χ0n) is 15.2. The van der Waals surface area contributed by atoms with Gasteiger partial charge in [0, 0.05) is 44.8 Å². The van der Waals surface area contributed by atoms with Crippen LogP contribution < -0.4 is 4.74 Å². The van der Waals surface area contributed by atoms with E-state index in [4.69, 9.17) is 4.74 Å². The number of hydrogen-bond donors (Lipinski definition) is 0. The van der Waals surface area contributed by atoms with Gasteiger partial charge in [-0.15, -0.1) is 11.3 Å². The van der Waals surface area contributed by atoms with E-state index in [1.165, 1.54) is 12.1 Å². The van der Waals surface area contributed by atoms with Crippen molar-refractivity contribution in [2.45, 2.75) is 31.8 Å². The number of ether oxygens (including phenoxy) is 1. The van der Waals surface area contributed by atoms with Crippen molar-refractivity contribution in [1.29, 1.82) is 0 Å². The fourth-order valence-electron chi connectivity index (χ4n) is 3.37. The van der Waals surface area contributed by atoms with Crippen LogP contribution in [0.3, 0.4) is 0 Å². The number of nitrogens with zero attached hydrogens (tertiary/aromatic N) is 2. The normalized spacial score (nSPS) is 15.1. The molecule has 2 heterocycles. The van der Waals surface area contributed by atoms with Crippen LogP contribution in [0.2, 0.25) is 0 Å². The van der Waals surface area contributed by atoms with Crippen LogP contribution in [-0.4, -0.2) is 35.0 Å². The van der Waals surface area contributed by atoms with E-state index in [-0.39, 0.29) is 17.8 Å². The van der Waals surface area contributed by atoms with Crippen molar-refractivity contribution in [3.8, 4) is 5.75 Å². The van der Waals surface area contributed by atoms with Crippen molar-refractivity contribution in [1.82, 2.24) is 9.88 Å². The Bertz CT molecular complexity index is 950. The number of piperidine rings is 1. The molecule has 28 heavy (non-hydrogen) atoms. The Kier molecular flexibility index (Phi) is 5.52. The van der Waals surface area contributed by atoms with Crippen molar-refractivity contribution in [3.63, 3.8) is 0 Å². The first kappa shape index (κ1) is 18.8. The van der Waals surface area contributed by atoms with E-state index < -0.39 is 11.6 Å². The van der Waals surface area contributed by atoms with Crippen molar-refractivity contribution in [2.75, 3.05) is 13.1 Å². The fourth-order valence-corrected chi connectivity index (χ4v) is 4.34. The minimum atomic E-state index is -0.700. The Morgan fingerprint density at radius 1 is 1.18 bits per heavy atom. The SMILES string of the molecule is O=C(CCc1nc2ccccc2s1)N1CCC(Oc2ccc(F)cc2F)CC1. The molecule has 0 spiro atoms. The summed E-state index contributed by atoms with van der Waals surface area (Å²) >= 11 is 1.63. The summed E-state index contributed by atoms with van der Waals surface area (Å²) in [6.45, 7) is 1.15. The maximum Gasteiger partial charge on any atom is 0.222 e. The number of carbonyl (C=O) groups excluding carboxylic acids is 1. The number of thiazole rings is 1. The van der Waals surface area contributed by atoms with E-state index >= 15 is 0 Å². The maximum absolute atomic E-state index is 13.7. The second-order valence-electron chi connectivity index (χ2n) is 6.85. The molecule has 3 aromatic rings. The minimum absolute atomic E-state index is 0.0574. The summed E-state index contributed by atoms with van der Waals surface area (Å²) in [6.07, 6.45) is 2.15. The molecule has 0 N–H and O–H groups in total. The van der Waals surface area contributed by atoms with Gasteiger partial charge in [-0.05, 0) is 24.3 Å². The summed E-state index contributed by atoms with van der Waals surface area (Å²) in [6, 6.07) is 11.3. The highest BCUT2D eigenvalue weighted by atomic mass is 32.1. The smallest absolute Gasteiger partial charge is 0.222 e. The zero-order valence-corrected chi connectivity index (χ0v) is 16.1. The van der Waals surface area contributed by atoms with Crippen LogP contribution in [-0.2, 0) is 11.2 Å². The third-order valence-corrected chi connectivity index (χ3v) is 5.97. The van der Waals surface area contributed by atoms with Crippen molar-refractivity contribution in [3.05, 3.63) is 59.1 Å². The number of likely N-dealkylation sites (tertiary alicyclic amines) is 1. The number of hydrogen-bond acceptors (Lipinski definition) is 4. The molecule has 2 aromatic carbocycles. The number of benzene rings is 2. The Balaban J connectivity index is 1.26. The van der Waals surface area contributed by atoms with Gasteiger partial charge >= 0.3 is 0 Å². The standard InChI is InChI=1S/C21H20F2N2O2S/c22-14-5-6-18(16(23)13-14)27-15-9-11-25(12-10-15)21(26)8-7-20-24-17-3-1-2-4-19(17)28-20/h1-6,13,15H,7-12H2. The predicted octanol–water partition coefficient (Wildman–Crippen LogP) is 4.58. The lowest BCUT2D eigenvalue weighted by Gasteiger charge is -2.32. The molecule has 1 fully saturated rings. The molecule has 0 unspecified atom stereocenters. The van der Waals surface area contributed by atoms with Crippen LogP contribution in [0.25, 0.3) is 10.2 Å². The predicted molar refractivity (Wildman–Crippen MR) is 105 cm³/mol. The number of rotatable bonds is 5. The molecule has 7 heteroatoms. The summed E-state index contributed by atoms with van der Waals surface area (Å²) in [5.74, 6) is -1.17. The number of amides is 1. The molecule has 0 bridgehead atoms. The van der Waals surface area contributed by atoms with Crippen LogP contribution in [0.5, 0.6) is 5.75 Å². The largest absolute Gasteiger partial charge is 0.487 e. The summed E-state index contributed by atoms with van der Waals surface area (Å²) < 4.78 is 33.5. The van der Waals surface area contributed by atoms with E-state index in [2.05, 4.69) is 4.98 Å². The van der Waals surface area contributed by atoms with Crippen LogP contribution in [0.4, 0.5) is 8.78 Å². The molecule has 4 nitrogen and oxygen atoms in total. The molecule has 1 saturated heterocycles. The minimum Gasteiger partial charge on any atom is -0.487 e. The Labute approximate surface area is 165 Å². The van der Waals surface area contributed by atoms with E-state index in [1.807, 2.05) is 29.2 Å². The van der Waals surface area contributed by atoms with Crippen LogP contribution in [0.1, 0.15) is 24.3 Å². The first-order valence-corrected chi connectivity index (χ1v) is 10.1. The highest BCUT2D eigenvalue weighted by Gasteiger charge is 2.24. The Morgan fingerprint density at radius 3 is 2.71 bits per heavy atom. The number of fused-ring (bicyclic) bond motifs is 1. The third kappa shape index (κ3) is 4.30. The lowest BCUT2D eigenvalue weighted by atomic mass is 10.1. The first-order valence-electron chi connectivity index (χ1n) is 9.32. The molecule has 146 valence electrons. The van der Waals surface area contributed by atoms with Crippen molar-refractivity contribution >= 4 is 27.5 Å². The summed E-state index contributed by atoms with van der Waals surface area (Å²) in [5, 5.41) is 0.972. The number of aryl methyl sites for hydroxylation is 1. The monoisotopic (exact) mass is 402 g/mol. The topological polar surface area (TPSA) is 42.4 Å². The van der Waals surface area contributed by atoms with Gasteiger partial charge in [0.15, 0.2) is 11.6 Å². The van der Waals surface area contributed by atoms with Gasteiger partial charge in [0.1, 0.15) is 11.9 Å². The number of carbonyl (C=O) groups is 1. The van der Waals surface area contributed by atoms with E-state index in [1.54, 1.807) is 11.3 Å². The second-order valence-corrected chi connectivity index (χ2v) is 7.96. The number of para-hydroxylation sites is 1. The zero-order chi connectivity index (χ0) is 19.5. The van der Waals surface area contributed by atoms with Gasteiger partial charge in [-0.1, -0.05) is 12.1 Å². The average molecular weight is 402 g/mol. The van der Waals surface area contributed by atoms with Gasteiger partial charge in [-0.25, -0.2) is 13.8 Å². The van der Waals surface area contributed by atoms with Gasteiger partial charge in [-0.3, -0.25) is 4.79 Å². The molecule has 0 radical (unpaired) electrons. The van der Waals surface area contributed by atoms with E-state index in [0.29, 0.717) is 38.8 Å². The molecule has 1 aromatic heterocycles. The number of halogens is 2. The van der Waals surface area contributed by atoms with Gasteiger partial charge in [0.25, 0.3) is 0 Å². The molecule has 0 aliphatic carbocycles. The Hall–Kier alpha value is -2.54. The van der Waals surface area contributed by atoms with Crippen molar-refractivity contribution in [2.24, 2.45) is 0 Å². The molecule has 0 saturated carbocycles. The highest BCUT2D eigenvalue weighted by molar-refractivity contribution is 7.18.